The third-order valence-corrected chi connectivity index (χ3v) is 5.63. The van der Waals surface area contributed by atoms with E-state index in [2.05, 4.69) is 10.6 Å². The maximum absolute atomic E-state index is 12.6. The van der Waals surface area contributed by atoms with E-state index < -0.39 is 6.09 Å². The van der Waals surface area contributed by atoms with Gasteiger partial charge in [-0.2, -0.15) is 0 Å². The average molecular weight is 414 g/mol. The van der Waals surface area contributed by atoms with Gasteiger partial charge in [-0.15, -0.1) is 11.3 Å². The van der Waals surface area contributed by atoms with Gasteiger partial charge >= 0.3 is 6.09 Å². The van der Waals surface area contributed by atoms with E-state index in [0.29, 0.717) is 35.0 Å². The van der Waals surface area contributed by atoms with Gasteiger partial charge < -0.3 is 19.9 Å². The summed E-state index contributed by atoms with van der Waals surface area (Å²) in [6.45, 7) is 5.20. The molecule has 0 aliphatic heterocycles. The monoisotopic (exact) mass is 414 g/mol. The molecule has 2 heterocycles. The molecular weight excluding hydrogens is 392 g/mol. The Morgan fingerprint density at radius 1 is 1.07 bits per heavy atom. The summed E-state index contributed by atoms with van der Waals surface area (Å²) < 4.78 is 2.51. The van der Waals surface area contributed by atoms with Crippen molar-refractivity contribution in [1.82, 2.24) is 9.47 Å². The highest BCUT2D eigenvalue weighted by atomic mass is 32.1. The molecule has 0 unspecified atom stereocenters. The molecule has 0 spiro atoms. The minimum absolute atomic E-state index is 0.00376. The van der Waals surface area contributed by atoms with E-state index >= 15 is 0 Å². The zero-order chi connectivity index (χ0) is 21.1. The van der Waals surface area contributed by atoms with Crippen molar-refractivity contribution >= 4 is 50.7 Å². The topological polar surface area (TPSA) is 104 Å². The van der Waals surface area contributed by atoms with E-state index in [4.69, 9.17) is 5.11 Å². The number of nitrogens with one attached hydrogen (secondary N) is 2. The zero-order valence-electron chi connectivity index (χ0n) is 16.4. The van der Waals surface area contributed by atoms with Gasteiger partial charge in [-0.1, -0.05) is 0 Å². The second kappa shape index (κ2) is 8.36. The van der Waals surface area contributed by atoms with Crippen molar-refractivity contribution in [2.45, 2.75) is 13.8 Å². The third-order valence-electron chi connectivity index (χ3n) is 4.52. The highest BCUT2D eigenvalue weighted by Crippen LogP contribution is 2.29. The largest absolute Gasteiger partial charge is 0.465 e. The fraction of sp³-hybridized carbons (Fsp3) is 0.250. The Bertz CT molecular complexity index is 1080. The number of carbonyl (C=O) groups is 3. The second-order valence-electron chi connectivity index (χ2n) is 6.45. The van der Waals surface area contributed by atoms with E-state index in [-0.39, 0.29) is 11.8 Å². The van der Waals surface area contributed by atoms with Crippen LogP contribution in [0.4, 0.5) is 16.2 Å². The maximum atomic E-state index is 12.6. The molecule has 0 saturated carbocycles. The molecule has 0 aliphatic rings. The van der Waals surface area contributed by atoms with Crippen molar-refractivity contribution in [1.29, 1.82) is 0 Å². The molecule has 0 fully saturated rings. The predicted octanol–water partition coefficient (Wildman–Crippen LogP) is 4.06. The highest BCUT2D eigenvalue weighted by Gasteiger charge is 2.17. The summed E-state index contributed by atoms with van der Waals surface area (Å²) in [5.74, 6) is -0.357. The normalized spacial score (nSPS) is 10.7. The number of fused-ring (bicyclic) bond motifs is 1. The van der Waals surface area contributed by atoms with Crippen molar-refractivity contribution in [3.05, 3.63) is 47.1 Å². The number of carboxylic acid groups (broad SMARTS) is 1. The first kappa shape index (κ1) is 20.4. The summed E-state index contributed by atoms with van der Waals surface area (Å²) in [5.41, 5.74) is 1.23. The molecule has 3 aromatic rings. The zero-order valence-corrected chi connectivity index (χ0v) is 17.2. The van der Waals surface area contributed by atoms with Gasteiger partial charge in [0.1, 0.15) is 5.69 Å². The summed E-state index contributed by atoms with van der Waals surface area (Å²) in [4.78, 5) is 38.3. The van der Waals surface area contributed by atoms with Crippen molar-refractivity contribution in [2.75, 3.05) is 23.7 Å². The van der Waals surface area contributed by atoms with E-state index in [1.54, 1.807) is 22.6 Å². The molecule has 0 aliphatic carbocycles. The molecule has 2 aromatic heterocycles. The van der Waals surface area contributed by atoms with Crippen molar-refractivity contribution < 1.29 is 19.5 Å². The predicted molar refractivity (Wildman–Crippen MR) is 114 cm³/mol. The lowest BCUT2D eigenvalue weighted by molar-refractivity contribution is 0.0777. The van der Waals surface area contributed by atoms with Crippen LogP contribution in [0.1, 0.15) is 34.0 Å². The van der Waals surface area contributed by atoms with Crippen molar-refractivity contribution in [3.63, 3.8) is 0 Å². The standard InChI is InChI=1S/C20H22N4O4S/c1-4-24(5-2)19(26)17-9-12-8-13(6-7-16(12)29-17)21-18(25)15-10-14(11-23(15)3)22-20(27)28/h6-11,22H,4-5H2,1-3H3,(H,21,25)(H,27,28). The van der Waals surface area contributed by atoms with Gasteiger partial charge in [0.05, 0.1) is 10.6 Å². The van der Waals surface area contributed by atoms with E-state index in [1.807, 2.05) is 32.0 Å². The van der Waals surface area contributed by atoms with Crippen LogP contribution in [0.3, 0.4) is 0 Å². The van der Waals surface area contributed by atoms with Gasteiger partial charge in [0.2, 0.25) is 0 Å². The van der Waals surface area contributed by atoms with Crippen LogP contribution < -0.4 is 10.6 Å². The highest BCUT2D eigenvalue weighted by molar-refractivity contribution is 7.20. The Morgan fingerprint density at radius 2 is 1.79 bits per heavy atom. The van der Waals surface area contributed by atoms with E-state index in [1.165, 1.54) is 23.6 Å². The molecule has 29 heavy (non-hydrogen) atoms. The van der Waals surface area contributed by atoms with E-state index in [0.717, 1.165) is 10.1 Å². The number of hydrogen-bond acceptors (Lipinski definition) is 4. The maximum Gasteiger partial charge on any atom is 0.409 e. The van der Waals surface area contributed by atoms with E-state index in [9.17, 15) is 14.4 Å². The molecule has 8 nitrogen and oxygen atoms in total. The SMILES string of the molecule is CCN(CC)C(=O)c1cc2cc(NC(=O)c3cc(NC(=O)O)cn3C)ccc2s1. The van der Waals surface area contributed by atoms with Gasteiger partial charge in [-0.3, -0.25) is 14.9 Å². The van der Waals surface area contributed by atoms with Crippen molar-refractivity contribution in [2.24, 2.45) is 7.05 Å². The molecule has 152 valence electrons. The molecular formula is C20H22N4O4S. The fourth-order valence-electron chi connectivity index (χ4n) is 3.07. The second-order valence-corrected chi connectivity index (χ2v) is 7.53. The Labute approximate surface area is 171 Å². The summed E-state index contributed by atoms with van der Waals surface area (Å²) in [7, 11) is 1.66. The van der Waals surface area contributed by atoms with Crippen LogP contribution in [-0.2, 0) is 7.05 Å². The molecule has 3 amide bonds. The number of aromatic nitrogens is 1. The molecule has 0 bridgehead atoms. The van der Waals surface area contributed by atoms with Crippen LogP contribution >= 0.6 is 11.3 Å². The quantitative estimate of drug-likeness (QED) is 0.566. The number of amides is 3. The number of rotatable bonds is 6. The van der Waals surface area contributed by atoms with Crippen LogP contribution in [0.15, 0.2) is 36.5 Å². The lowest BCUT2D eigenvalue weighted by Crippen LogP contribution is -2.29. The lowest BCUT2D eigenvalue weighted by Gasteiger charge is -2.17. The number of nitrogens with zero attached hydrogens (tertiary/aromatic N) is 2. The molecule has 0 atom stereocenters. The van der Waals surface area contributed by atoms with Crippen LogP contribution in [0, 0.1) is 0 Å². The van der Waals surface area contributed by atoms with Crippen molar-refractivity contribution in [3.8, 4) is 0 Å². The summed E-state index contributed by atoms with van der Waals surface area (Å²) in [5, 5.41) is 14.7. The first-order valence-electron chi connectivity index (χ1n) is 9.12. The first-order chi connectivity index (χ1) is 13.8. The minimum Gasteiger partial charge on any atom is -0.465 e. The van der Waals surface area contributed by atoms with Gasteiger partial charge in [0.15, 0.2) is 0 Å². The summed E-state index contributed by atoms with van der Waals surface area (Å²) in [6.07, 6.45) is 0.330. The number of carbonyl (C=O) groups excluding carboxylic acids is 2. The number of anilines is 2. The minimum atomic E-state index is -1.19. The molecule has 0 radical (unpaired) electrons. The van der Waals surface area contributed by atoms with Gasteiger partial charge in [-0.25, -0.2) is 4.79 Å². The first-order valence-corrected chi connectivity index (χ1v) is 9.94. The molecule has 3 rings (SSSR count). The van der Waals surface area contributed by atoms with Gasteiger partial charge in [0.25, 0.3) is 11.8 Å². The average Bonchev–Trinajstić information content (AvgIpc) is 3.25. The summed E-state index contributed by atoms with van der Waals surface area (Å²) in [6, 6.07) is 8.78. The number of hydrogen-bond donors (Lipinski definition) is 3. The summed E-state index contributed by atoms with van der Waals surface area (Å²) >= 11 is 1.43. The molecule has 0 saturated heterocycles. The Morgan fingerprint density at radius 3 is 2.45 bits per heavy atom. The van der Waals surface area contributed by atoms with Crippen LogP contribution in [0.5, 0.6) is 0 Å². The van der Waals surface area contributed by atoms with Gasteiger partial charge in [0, 0.05) is 36.7 Å². The number of thiophene rings is 1. The Kier molecular flexibility index (Phi) is 5.88. The smallest absolute Gasteiger partial charge is 0.409 e. The van der Waals surface area contributed by atoms with Gasteiger partial charge in [-0.05, 0) is 49.6 Å². The fourth-order valence-corrected chi connectivity index (χ4v) is 4.08. The molecule has 9 heteroatoms. The Balaban J connectivity index is 1.80. The molecule has 3 N–H and O–H groups in total. The third kappa shape index (κ3) is 4.40. The number of aryl methyl sites for hydroxylation is 1. The number of benzene rings is 1. The van der Waals surface area contributed by atoms with Crippen LogP contribution in [0.2, 0.25) is 0 Å². The van der Waals surface area contributed by atoms with Crippen LogP contribution in [0.25, 0.3) is 10.1 Å². The lowest BCUT2D eigenvalue weighted by atomic mass is 10.2. The molecule has 1 aromatic carbocycles. The van der Waals surface area contributed by atoms with Crippen LogP contribution in [-0.4, -0.2) is 45.6 Å². The Hall–Kier alpha value is -3.33.